The van der Waals surface area contributed by atoms with Crippen molar-refractivity contribution >= 4 is 11.1 Å². The number of fused-ring (bicyclic) bond motifs is 1. The lowest BCUT2D eigenvalue weighted by molar-refractivity contribution is 0.500. The summed E-state index contributed by atoms with van der Waals surface area (Å²) in [6, 6.07) is 6.55. The number of nitrogens with zero attached hydrogens (tertiary/aromatic N) is 1. The summed E-state index contributed by atoms with van der Waals surface area (Å²) in [5.41, 5.74) is 3.02. The molecule has 0 unspecified atom stereocenters. The van der Waals surface area contributed by atoms with E-state index in [4.69, 9.17) is 4.42 Å². The molecule has 0 amide bonds. The second-order valence-electron chi connectivity index (χ2n) is 4.39. The number of para-hydroxylation sites is 1. The van der Waals surface area contributed by atoms with E-state index in [9.17, 15) is 0 Å². The summed E-state index contributed by atoms with van der Waals surface area (Å²) in [7, 11) is 0. The number of hydrogen-bond donors (Lipinski definition) is 1. The van der Waals surface area contributed by atoms with Gasteiger partial charge in [0, 0.05) is 19.0 Å². The van der Waals surface area contributed by atoms with Gasteiger partial charge in [-0.15, -0.1) is 0 Å². The summed E-state index contributed by atoms with van der Waals surface area (Å²) < 4.78 is 5.73. The maximum atomic E-state index is 5.73. The molecule has 0 atom stereocenters. The van der Waals surface area contributed by atoms with Crippen LogP contribution in [0.1, 0.15) is 25.3 Å². The lowest BCUT2D eigenvalue weighted by Crippen LogP contribution is -2.24. The topological polar surface area (TPSA) is 38.1 Å². The van der Waals surface area contributed by atoms with Crippen molar-refractivity contribution < 1.29 is 4.42 Å². The zero-order chi connectivity index (χ0) is 11.5. The second kappa shape index (κ2) is 4.66. The Balaban J connectivity index is 2.11. The van der Waals surface area contributed by atoms with Crippen molar-refractivity contribution in [2.24, 2.45) is 0 Å². The first kappa shape index (κ1) is 11.1. The number of nitrogens with one attached hydrogen (secondary N) is 1. The Morgan fingerprint density at radius 3 is 2.88 bits per heavy atom. The largest absolute Gasteiger partial charge is 0.440 e. The van der Waals surface area contributed by atoms with E-state index in [2.05, 4.69) is 24.1 Å². The van der Waals surface area contributed by atoms with Gasteiger partial charge in [-0.3, -0.25) is 0 Å². The molecule has 0 bridgehead atoms. The molecule has 0 aliphatic heterocycles. The highest BCUT2D eigenvalue weighted by Gasteiger charge is 2.07. The first-order valence-electron chi connectivity index (χ1n) is 5.75. The highest BCUT2D eigenvalue weighted by atomic mass is 16.3. The van der Waals surface area contributed by atoms with Crippen LogP contribution in [0.15, 0.2) is 22.6 Å². The molecule has 0 aliphatic rings. The summed E-state index contributed by atoms with van der Waals surface area (Å²) in [6.07, 6.45) is 0.840. The Kier molecular flexibility index (Phi) is 3.25. The van der Waals surface area contributed by atoms with Crippen molar-refractivity contribution in [1.82, 2.24) is 10.3 Å². The molecule has 2 aromatic rings. The van der Waals surface area contributed by atoms with Gasteiger partial charge in [0.2, 0.25) is 0 Å². The van der Waals surface area contributed by atoms with E-state index >= 15 is 0 Å². The first-order valence-corrected chi connectivity index (χ1v) is 5.75. The van der Waals surface area contributed by atoms with Gasteiger partial charge in [0.15, 0.2) is 11.5 Å². The molecule has 0 saturated carbocycles. The van der Waals surface area contributed by atoms with Crippen LogP contribution in [0.2, 0.25) is 0 Å². The maximum Gasteiger partial charge on any atom is 0.196 e. The van der Waals surface area contributed by atoms with E-state index in [1.165, 1.54) is 0 Å². The molecule has 0 spiro atoms. The highest BCUT2D eigenvalue weighted by Crippen LogP contribution is 2.19. The Bertz CT molecular complexity index is 474. The lowest BCUT2D eigenvalue weighted by atomic mass is 10.2. The smallest absolute Gasteiger partial charge is 0.196 e. The third-order valence-corrected chi connectivity index (χ3v) is 2.55. The summed E-state index contributed by atoms with van der Waals surface area (Å²) >= 11 is 0. The Morgan fingerprint density at radius 2 is 2.19 bits per heavy atom. The number of rotatable bonds is 4. The number of oxazole rings is 1. The normalized spacial score (nSPS) is 11.5. The molecule has 86 valence electrons. The zero-order valence-electron chi connectivity index (χ0n) is 10.1. The van der Waals surface area contributed by atoms with Crippen molar-refractivity contribution in [2.75, 3.05) is 6.54 Å². The van der Waals surface area contributed by atoms with Gasteiger partial charge >= 0.3 is 0 Å². The monoisotopic (exact) mass is 218 g/mol. The van der Waals surface area contributed by atoms with Crippen LogP contribution in [-0.2, 0) is 6.42 Å². The van der Waals surface area contributed by atoms with E-state index in [0.29, 0.717) is 6.04 Å². The van der Waals surface area contributed by atoms with Gasteiger partial charge in [-0.1, -0.05) is 26.0 Å². The predicted molar refractivity (Wildman–Crippen MR) is 65.6 cm³/mol. The molecule has 0 fully saturated rings. The molecule has 3 heteroatoms. The van der Waals surface area contributed by atoms with Gasteiger partial charge < -0.3 is 9.73 Å². The van der Waals surface area contributed by atoms with Gasteiger partial charge in [0.1, 0.15) is 5.52 Å². The second-order valence-corrected chi connectivity index (χ2v) is 4.39. The van der Waals surface area contributed by atoms with E-state index in [1.54, 1.807) is 0 Å². The standard InChI is InChI=1S/C13H18N2O/c1-9(2)14-8-7-12-15-11-6-4-5-10(3)13(11)16-12/h4-6,9,14H,7-8H2,1-3H3. The molecule has 1 aromatic heterocycles. The molecule has 1 heterocycles. The van der Waals surface area contributed by atoms with Crippen LogP contribution in [0, 0.1) is 6.92 Å². The van der Waals surface area contributed by atoms with Gasteiger partial charge in [-0.25, -0.2) is 4.98 Å². The summed E-state index contributed by atoms with van der Waals surface area (Å²) in [5, 5.41) is 3.35. The van der Waals surface area contributed by atoms with Crippen molar-refractivity contribution in [3.63, 3.8) is 0 Å². The van der Waals surface area contributed by atoms with Crippen molar-refractivity contribution in [3.8, 4) is 0 Å². The maximum absolute atomic E-state index is 5.73. The molecular weight excluding hydrogens is 200 g/mol. The minimum atomic E-state index is 0.506. The summed E-state index contributed by atoms with van der Waals surface area (Å²) in [6.45, 7) is 7.22. The van der Waals surface area contributed by atoms with Gasteiger partial charge in [0.05, 0.1) is 0 Å². The molecule has 16 heavy (non-hydrogen) atoms. The fraction of sp³-hybridized carbons (Fsp3) is 0.462. The van der Waals surface area contributed by atoms with Crippen molar-refractivity contribution in [1.29, 1.82) is 0 Å². The van der Waals surface area contributed by atoms with E-state index in [-0.39, 0.29) is 0 Å². The number of benzene rings is 1. The molecule has 1 aromatic carbocycles. The fourth-order valence-corrected chi connectivity index (χ4v) is 1.71. The van der Waals surface area contributed by atoms with Gasteiger partial charge in [-0.05, 0) is 18.6 Å². The molecule has 0 radical (unpaired) electrons. The fourth-order valence-electron chi connectivity index (χ4n) is 1.71. The number of aromatic nitrogens is 1. The average molecular weight is 218 g/mol. The highest BCUT2D eigenvalue weighted by molar-refractivity contribution is 5.75. The third kappa shape index (κ3) is 2.42. The van der Waals surface area contributed by atoms with E-state index < -0.39 is 0 Å². The SMILES string of the molecule is Cc1cccc2nc(CCNC(C)C)oc12. The quantitative estimate of drug-likeness (QED) is 0.857. The van der Waals surface area contributed by atoms with Gasteiger partial charge in [0.25, 0.3) is 0 Å². The molecule has 1 N–H and O–H groups in total. The van der Waals surface area contributed by atoms with E-state index in [1.807, 2.05) is 25.1 Å². The van der Waals surface area contributed by atoms with Crippen LogP contribution in [0.3, 0.4) is 0 Å². The van der Waals surface area contributed by atoms with Crippen LogP contribution in [-0.4, -0.2) is 17.6 Å². The van der Waals surface area contributed by atoms with E-state index in [0.717, 1.165) is 35.5 Å². The first-order chi connectivity index (χ1) is 7.66. The van der Waals surface area contributed by atoms with Gasteiger partial charge in [-0.2, -0.15) is 0 Å². The Hall–Kier alpha value is -1.35. The zero-order valence-corrected chi connectivity index (χ0v) is 10.1. The Labute approximate surface area is 95.9 Å². The summed E-state index contributed by atoms with van der Waals surface area (Å²) in [4.78, 5) is 4.46. The number of aryl methyl sites for hydroxylation is 1. The van der Waals surface area contributed by atoms with Crippen molar-refractivity contribution in [3.05, 3.63) is 29.7 Å². The summed E-state index contributed by atoms with van der Waals surface area (Å²) in [5.74, 6) is 0.817. The van der Waals surface area contributed by atoms with Crippen LogP contribution in [0.5, 0.6) is 0 Å². The molecular formula is C13H18N2O. The van der Waals surface area contributed by atoms with Crippen LogP contribution < -0.4 is 5.32 Å². The average Bonchev–Trinajstić information content (AvgIpc) is 2.61. The van der Waals surface area contributed by atoms with Crippen molar-refractivity contribution in [2.45, 2.75) is 33.2 Å². The molecule has 2 rings (SSSR count). The third-order valence-electron chi connectivity index (χ3n) is 2.55. The minimum absolute atomic E-state index is 0.506. The molecule has 3 nitrogen and oxygen atoms in total. The number of hydrogen-bond acceptors (Lipinski definition) is 3. The van der Waals surface area contributed by atoms with Crippen LogP contribution in [0.25, 0.3) is 11.1 Å². The molecule has 0 aliphatic carbocycles. The minimum Gasteiger partial charge on any atom is -0.440 e. The molecule has 0 saturated heterocycles. The lowest BCUT2D eigenvalue weighted by Gasteiger charge is -2.04. The Morgan fingerprint density at radius 1 is 1.38 bits per heavy atom. The predicted octanol–water partition coefficient (Wildman–Crippen LogP) is 2.68. The van der Waals surface area contributed by atoms with Crippen LogP contribution >= 0.6 is 0 Å². The van der Waals surface area contributed by atoms with Crippen LogP contribution in [0.4, 0.5) is 0 Å².